The van der Waals surface area contributed by atoms with Crippen molar-refractivity contribution >= 4 is 23.3 Å². The number of nitrogens with one attached hydrogen (secondary N) is 1. The van der Waals surface area contributed by atoms with Crippen molar-refractivity contribution in [3.63, 3.8) is 0 Å². The molecule has 0 spiro atoms. The molecule has 0 bridgehead atoms. The number of carbonyl (C=O) groups excluding carboxylic acids is 1. The van der Waals surface area contributed by atoms with Gasteiger partial charge in [0.15, 0.2) is 11.6 Å². The van der Waals surface area contributed by atoms with E-state index in [2.05, 4.69) is 43.6 Å². The van der Waals surface area contributed by atoms with Crippen LogP contribution in [0.2, 0.25) is 0 Å². The van der Waals surface area contributed by atoms with Crippen LogP contribution in [0.5, 0.6) is 5.75 Å². The molecule has 0 atom stereocenters. The zero-order chi connectivity index (χ0) is 31.5. The molecule has 8 nitrogen and oxygen atoms in total. The second-order valence-electron chi connectivity index (χ2n) is 9.12. The van der Waals surface area contributed by atoms with E-state index < -0.39 is 17.4 Å². The summed E-state index contributed by atoms with van der Waals surface area (Å²) < 4.78 is 25.1. The zero-order valence-corrected chi connectivity index (χ0v) is 26.0. The highest BCUT2D eigenvalue weighted by atomic mass is 19.1. The summed E-state index contributed by atoms with van der Waals surface area (Å²) in [5, 5.41) is 11.1. The lowest BCUT2D eigenvalue weighted by Gasteiger charge is -2.36. The molecule has 0 saturated carbocycles. The molecule has 0 radical (unpaired) electrons. The largest absolute Gasteiger partial charge is 0.505 e. The van der Waals surface area contributed by atoms with Gasteiger partial charge < -0.3 is 20.2 Å². The lowest BCUT2D eigenvalue weighted by Crippen LogP contribution is -2.45. The van der Waals surface area contributed by atoms with Crippen LogP contribution in [-0.2, 0) is 4.79 Å². The summed E-state index contributed by atoms with van der Waals surface area (Å²) in [7, 11) is 1.47. The highest BCUT2D eigenvalue weighted by Gasteiger charge is 2.31. The average molecular weight is 587 g/mol. The van der Waals surface area contributed by atoms with E-state index in [1.165, 1.54) is 7.05 Å². The van der Waals surface area contributed by atoms with Crippen molar-refractivity contribution in [2.75, 3.05) is 36.9 Å². The fourth-order valence-corrected chi connectivity index (χ4v) is 4.51. The number of phenols is 1. The van der Waals surface area contributed by atoms with Crippen LogP contribution in [-0.4, -0.2) is 64.3 Å². The topological polar surface area (TPSA) is 94.0 Å². The van der Waals surface area contributed by atoms with Crippen LogP contribution in [0.1, 0.15) is 78.7 Å². The Morgan fingerprint density at radius 1 is 1.12 bits per heavy atom. The number of allylic oxidation sites excluding steroid dienone is 2. The van der Waals surface area contributed by atoms with Gasteiger partial charge in [0.05, 0.1) is 11.4 Å². The monoisotopic (exact) mass is 586 g/mol. The number of aliphatic imine (C=N–C) groups is 1. The summed E-state index contributed by atoms with van der Waals surface area (Å²) in [5.41, 5.74) is 1.99. The number of phenolic OH excluding ortho intramolecular Hbond substituents is 1. The van der Waals surface area contributed by atoms with Gasteiger partial charge >= 0.3 is 0 Å². The molecule has 2 N–H and O–H groups in total. The third-order valence-electron chi connectivity index (χ3n) is 6.51. The van der Waals surface area contributed by atoms with Crippen LogP contribution in [0.3, 0.4) is 0 Å². The smallest absolute Gasteiger partial charge is 0.225 e. The molecular formula is C32H48F2N6O2. The van der Waals surface area contributed by atoms with Gasteiger partial charge in [-0.1, -0.05) is 53.7 Å². The number of aromatic nitrogens is 2. The number of aromatic hydroxyl groups is 1. The van der Waals surface area contributed by atoms with Crippen LogP contribution in [0.25, 0.3) is 0 Å². The number of anilines is 2. The van der Waals surface area contributed by atoms with Gasteiger partial charge in [-0.15, -0.1) is 0 Å². The summed E-state index contributed by atoms with van der Waals surface area (Å²) in [6.45, 7) is 16.5. The van der Waals surface area contributed by atoms with Gasteiger partial charge in [0.2, 0.25) is 11.9 Å². The van der Waals surface area contributed by atoms with E-state index in [1.54, 1.807) is 12.3 Å². The Hall–Kier alpha value is -3.82. The van der Waals surface area contributed by atoms with Crippen molar-refractivity contribution < 1.29 is 18.7 Å². The van der Waals surface area contributed by atoms with Crippen LogP contribution in [0.4, 0.5) is 20.4 Å². The maximum Gasteiger partial charge on any atom is 0.225 e. The lowest BCUT2D eigenvalue weighted by atomic mass is 10.0. The average Bonchev–Trinajstić information content (AvgIpc) is 3.47. The minimum atomic E-state index is -0.837. The summed E-state index contributed by atoms with van der Waals surface area (Å²) >= 11 is 0. The predicted molar refractivity (Wildman–Crippen MR) is 169 cm³/mol. The van der Waals surface area contributed by atoms with E-state index in [0.29, 0.717) is 18.4 Å². The second-order valence-corrected chi connectivity index (χ2v) is 9.12. The Labute approximate surface area is 250 Å². The first-order valence-electron chi connectivity index (χ1n) is 14.9. The number of hydrogen-bond acceptors (Lipinski definition) is 7. The van der Waals surface area contributed by atoms with E-state index in [0.717, 1.165) is 81.1 Å². The molecule has 2 aliphatic rings. The Bertz CT molecular complexity index is 1150. The van der Waals surface area contributed by atoms with Crippen molar-refractivity contribution in [1.82, 2.24) is 14.9 Å². The first kappa shape index (κ1) is 36.2. The number of piperidine rings is 1. The third-order valence-corrected chi connectivity index (χ3v) is 6.51. The van der Waals surface area contributed by atoms with Crippen LogP contribution in [0, 0.1) is 11.6 Å². The number of benzene rings is 1. The van der Waals surface area contributed by atoms with Gasteiger partial charge in [-0.05, 0) is 31.8 Å². The second kappa shape index (κ2) is 20.1. The molecule has 3 heterocycles. The number of nitrogens with zero attached hydrogens (tertiary/aromatic N) is 5. The van der Waals surface area contributed by atoms with Gasteiger partial charge in [-0.2, -0.15) is 0 Å². The SMILES string of the molecule is C=C/C=C\N=C(CCC)c1cnc(N2CCC(N3CCCC3=O)CC2)nc1.CC.CC.CNc1cc(F)c(O)cc1F. The quantitative estimate of drug-likeness (QED) is 0.194. The Balaban J connectivity index is 0.000000491. The maximum absolute atomic E-state index is 12.6. The fourth-order valence-electron chi connectivity index (χ4n) is 4.51. The zero-order valence-electron chi connectivity index (χ0n) is 26.0. The highest BCUT2D eigenvalue weighted by Crippen LogP contribution is 2.24. The predicted octanol–water partition coefficient (Wildman–Crippen LogP) is 7.12. The third kappa shape index (κ3) is 10.9. The normalized spacial score (nSPS) is 15.2. The molecule has 10 heteroatoms. The number of hydrogen-bond donors (Lipinski definition) is 2. The number of amides is 1. The van der Waals surface area contributed by atoms with Gasteiger partial charge in [-0.3, -0.25) is 9.79 Å². The molecule has 0 aliphatic carbocycles. The number of halogens is 2. The lowest BCUT2D eigenvalue weighted by molar-refractivity contribution is -0.130. The van der Waals surface area contributed by atoms with E-state index in [-0.39, 0.29) is 5.69 Å². The molecule has 2 saturated heterocycles. The summed E-state index contributed by atoms with van der Waals surface area (Å²) in [6, 6.07) is 2.00. The van der Waals surface area contributed by atoms with Crippen LogP contribution in [0.15, 0.2) is 54.4 Å². The van der Waals surface area contributed by atoms with Crippen molar-refractivity contribution in [2.24, 2.45) is 4.99 Å². The highest BCUT2D eigenvalue weighted by molar-refractivity contribution is 6.00. The van der Waals surface area contributed by atoms with Crippen molar-refractivity contribution in [1.29, 1.82) is 0 Å². The van der Waals surface area contributed by atoms with E-state index in [4.69, 9.17) is 5.11 Å². The minimum Gasteiger partial charge on any atom is -0.505 e. The molecule has 1 amide bonds. The van der Waals surface area contributed by atoms with Crippen molar-refractivity contribution in [3.8, 4) is 5.75 Å². The fraction of sp³-hybridized carbons (Fsp3) is 0.500. The molecule has 2 aromatic rings. The summed E-state index contributed by atoms with van der Waals surface area (Å²) in [6.07, 6.45) is 14.6. The molecular weight excluding hydrogens is 538 g/mol. The molecule has 2 fully saturated rings. The Kier molecular flexibility index (Phi) is 17.3. The molecule has 42 heavy (non-hydrogen) atoms. The molecule has 4 rings (SSSR count). The number of likely N-dealkylation sites (tertiary alicyclic amines) is 1. The molecule has 0 unspecified atom stereocenters. The summed E-state index contributed by atoms with van der Waals surface area (Å²) in [4.78, 5) is 29.9. The van der Waals surface area contributed by atoms with E-state index in [1.807, 2.05) is 46.2 Å². The summed E-state index contributed by atoms with van der Waals surface area (Å²) in [5.74, 6) is -1.10. The molecule has 1 aromatic carbocycles. The Morgan fingerprint density at radius 2 is 1.76 bits per heavy atom. The van der Waals surface area contributed by atoms with Crippen molar-refractivity contribution in [2.45, 2.75) is 79.2 Å². The van der Waals surface area contributed by atoms with Gasteiger partial charge in [0.25, 0.3) is 0 Å². The standard InChI is InChI=1S/C21H29N5O.C7H7F2NO.2C2H6/c1-3-5-11-22-19(7-4-2)17-15-23-21(24-16-17)25-13-9-18(10-14-25)26-12-6-8-20(26)27;1-10-6-2-5(9)7(11)3-4(6)8;2*1-2/h3,5,11,15-16,18H,1,4,6-10,12-14H2,2H3;2-3,10-11H,1H3;2*1-2H3/b11-5-,22-19?;;;. The van der Waals surface area contributed by atoms with E-state index in [9.17, 15) is 13.6 Å². The molecule has 1 aromatic heterocycles. The molecule has 232 valence electrons. The van der Waals surface area contributed by atoms with Crippen LogP contribution < -0.4 is 10.2 Å². The van der Waals surface area contributed by atoms with Crippen molar-refractivity contribution in [3.05, 3.63) is 66.7 Å². The van der Waals surface area contributed by atoms with Gasteiger partial charge in [-0.25, -0.2) is 18.7 Å². The molecule has 2 aliphatic heterocycles. The number of carbonyl (C=O) groups is 1. The van der Waals surface area contributed by atoms with Gasteiger partial charge in [0.1, 0.15) is 5.82 Å². The Morgan fingerprint density at radius 3 is 2.29 bits per heavy atom. The maximum atomic E-state index is 12.6. The first-order valence-corrected chi connectivity index (χ1v) is 14.9. The first-order chi connectivity index (χ1) is 20.4. The van der Waals surface area contributed by atoms with E-state index >= 15 is 0 Å². The number of rotatable bonds is 8. The van der Waals surface area contributed by atoms with Gasteiger partial charge in [0, 0.05) is 75.4 Å². The minimum absolute atomic E-state index is 0.0281. The van der Waals surface area contributed by atoms with Crippen LogP contribution >= 0.6 is 0 Å².